The normalized spacial score (nSPS) is 13.2. The van der Waals surface area contributed by atoms with Gasteiger partial charge in [-0.2, -0.15) is 13.2 Å². The Morgan fingerprint density at radius 2 is 1.94 bits per heavy atom. The van der Waals surface area contributed by atoms with Crippen molar-refractivity contribution in [2.75, 3.05) is 18.5 Å². The molecule has 5 heteroatoms. The van der Waals surface area contributed by atoms with E-state index in [-0.39, 0.29) is 5.75 Å². The van der Waals surface area contributed by atoms with Crippen LogP contribution in [0.5, 0.6) is 5.75 Å². The van der Waals surface area contributed by atoms with Crippen LogP contribution >= 0.6 is 0 Å². The van der Waals surface area contributed by atoms with Gasteiger partial charge < -0.3 is 10.1 Å². The molecule has 0 aliphatic carbocycles. The first kappa shape index (κ1) is 14.7. The van der Waals surface area contributed by atoms with Crippen molar-refractivity contribution in [3.05, 3.63) is 24.3 Å². The predicted octanol–water partition coefficient (Wildman–Crippen LogP) is 4.09. The van der Waals surface area contributed by atoms with Crippen molar-refractivity contribution in [1.82, 2.24) is 0 Å². The first-order chi connectivity index (χ1) is 8.42. The summed E-state index contributed by atoms with van der Waals surface area (Å²) in [5, 5.41) is 3.11. The Kier molecular flexibility index (Phi) is 5.31. The summed E-state index contributed by atoms with van der Waals surface area (Å²) >= 11 is 0. The van der Waals surface area contributed by atoms with Gasteiger partial charge in [-0.25, -0.2) is 0 Å². The van der Waals surface area contributed by atoms with Crippen molar-refractivity contribution < 1.29 is 17.9 Å². The number of para-hydroxylation sites is 2. The van der Waals surface area contributed by atoms with E-state index in [4.69, 9.17) is 4.74 Å². The summed E-state index contributed by atoms with van der Waals surface area (Å²) in [7, 11) is 0. The topological polar surface area (TPSA) is 21.3 Å². The smallest absolute Gasteiger partial charge is 0.422 e. The number of benzene rings is 1. The molecule has 1 aromatic carbocycles. The van der Waals surface area contributed by atoms with Crippen LogP contribution in [0.3, 0.4) is 0 Å². The maximum absolute atomic E-state index is 12.1. The Morgan fingerprint density at radius 3 is 2.56 bits per heavy atom. The van der Waals surface area contributed by atoms with Gasteiger partial charge in [0.2, 0.25) is 0 Å². The summed E-state index contributed by atoms with van der Waals surface area (Å²) < 4.78 is 41.1. The largest absolute Gasteiger partial charge is 0.482 e. The van der Waals surface area contributed by atoms with E-state index < -0.39 is 12.8 Å². The van der Waals surface area contributed by atoms with E-state index in [0.717, 1.165) is 6.42 Å². The molecule has 0 radical (unpaired) electrons. The highest BCUT2D eigenvalue weighted by Crippen LogP contribution is 2.26. The molecule has 0 bridgehead atoms. The minimum Gasteiger partial charge on any atom is -0.482 e. The van der Waals surface area contributed by atoms with E-state index in [9.17, 15) is 13.2 Å². The predicted molar refractivity (Wildman–Crippen MR) is 65.9 cm³/mol. The lowest BCUT2D eigenvalue weighted by Crippen LogP contribution is -2.20. The van der Waals surface area contributed by atoms with Crippen molar-refractivity contribution in [3.8, 4) is 5.75 Å². The lowest BCUT2D eigenvalue weighted by Gasteiger charge is -2.16. The molecular weight excluding hydrogens is 243 g/mol. The zero-order chi connectivity index (χ0) is 13.6. The third-order valence-corrected chi connectivity index (χ3v) is 2.62. The Morgan fingerprint density at radius 1 is 1.28 bits per heavy atom. The second kappa shape index (κ2) is 6.52. The van der Waals surface area contributed by atoms with Gasteiger partial charge in [0, 0.05) is 6.54 Å². The molecule has 0 fully saturated rings. The molecule has 1 aromatic rings. The van der Waals surface area contributed by atoms with Crippen molar-refractivity contribution in [2.45, 2.75) is 26.4 Å². The molecular formula is C13H18F3NO. The summed E-state index contributed by atoms with van der Waals surface area (Å²) in [4.78, 5) is 0. The summed E-state index contributed by atoms with van der Waals surface area (Å²) in [5.41, 5.74) is 0.599. The van der Waals surface area contributed by atoms with E-state index in [1.807, 2.05) is 0 Å². The molecule has 102 valence electrons. The standard InChI is InChI=1S/C13H18F3NO/c1-3-10(2)8-17-11-6-4-5-7-12(11)18-9-13(14,15)16/h4-7,10,17H,3,8-9H2,1-2H3. The Balaban J connectivity index is 2.62. The first-order valence-electron chi connectivity index (χ1n) is 5.95. The minimum absolute atomic E-state index is 0.234. The molecule has 0 saturated heterocycles. The quantitative estimate of drug-likeness (QED) is 0.833. The zero-order valence-corrected chi connectivity index (χ0v) is 10.6. The zero-order valence-electron chi connectivity index (χ0n) is 10.6. The molecule has 0 amide bonds. The molecule has 1 atom stereocenters. The molecule has 1 unspecified atom stereocenters. The fourth-order valence-electron chi connectivity index (χ4n) is 1.33. The first-order valence-corrected chi connectivity index (χ1v) is 5.95. The number of nitrogens with one attached hydrogen (secondary N) is 1. The molecule has 0 spiro atoms. The second-order valence-electron chi connectivity index (χ2n) is 4.29. The molecule has 18 heavy (non-hydrogen) atoms. The Hall–Kier alpha value is -1.39. The SMILES string of the molecule is CCC(C)CNc1ccccc1OCC(F)(F)F. The molecule has 0 saturated carbocycles. The number of alkyl halides is 3. The summed E-state index contributed by atoms with van der Waals surface area (Å²) in [5.74, 6) is 0.693. The number of halogens is 3. The van der Waals surface area contributed by atoms with Crippen LogP contribution < -0.4 is 10.1 Å². The molecule has 0 aliphatic rings. The third-order valence-electron chi connectivity index (χ3n) is 2.62. The summed E-state index contributed by atoms with van der Waals surface area (Å²) in [6.45, 7) is 3.59. The van der Waals surface area contributed by atoms with Gasteiger partial charge in [-0.1, -0.05) is 32.4 Å². The van der Waals surface area contributed by atoms with Crippen molar-refractivity contribution >= 4 is 5.69 Å². The lowest BCUT2D eigenvalue weighted by molar-refractivity contribution is -0.153. The van der Waals surface area contributed by atoms with Gasteiger partial charge in [-0.05, 0) is 18.1 Å². The van der Waals surface area contributed by atoms with E-state index in [1.165, 1.54) is 6.07 Å². The Labute approximate surface area is 105 Å². The minimum atomic E-state index is -4.32. The van der Waals surface area contributed by atoms with Crippen LogP contribution in [0.4, 0.5) is 18.9 Å². The van der Waals surface area contributed by atoms with Crippen LogP contribution in [-0.2, 0) is 0 Å². The van der Waals surface area contributed by atoms with Gasteiger partial charge in [-0.3, -0.25) is 0 Å². The van der Waals surface area contributed by atoms with Crippen LogP contribution in [0.15, 0.2) is 24.3 Å². The molecule has 1 N–H and O–H groups in total. The van der Waals surface area contributed by atoms with Crippen LogP contribution in [0, 0.1) is 5.92 Å². The van der Waals surface area contributed by atoms with Crippen LogP contribution in [0.25, 0.3) is 0 Å². The fraction of sp³-hybridized carbons (Fsp3) is 0.538. The second-order valence-corrected chi connectivity index (χ2v) is 4.29. The van der Waals surface area contributed by atoms with Gasteiger partial charge in [0.05, 0.1) is 5.69 Å². The van der Waals surface area contributed by atoms with E-state index in [0.29, 0.717) is 18.2 Å². The lowest BCUT2D eigenvalue weighted by atomic mass is 10.1. The van der Waals surface area contributed by atoms with E-state index >= 15 is 0 Å². The van der Waals surface area contributed by atoms with Gasteiger partial charge in [-0.15, -0.1) is 0 Å². The fourth-order valence-corrected chi connectivity index (χ4v) is 1.33. The highest BCUT2D eigenvalue weighted by Gasteiger charge is 2.28. The van der Waals surface area contributed by atoms with Crippen LogP contribution in [-0.4, -0.2) is 19.3 Å². The summed E-state index contributed by atoms with van der Waals surface area (Å²) in [6.07, 6.45) is -3.30. The van der Waals surface area contributed by atoms with E-state index in [1.54, 1.807) is 18.2 Å². The van der Waals surface area contributed by atoms with Gasteiger partial charge in [0.15, 0.2) is 6.61 Å². The van der Waals surface area contributed by atoms with Gasteiger partial charge in [0.1, 0.15) is 5.75 Å². The molecule has 0 aromatic heterocycles. The highest BCUT2D eigenvalue weighted by molar-refractivity contribution is 5.56. The van der Waals surface area contributed by atoms with Gasteiger partial charge >= 0.3 is 6.18 Å². The number of rotatable bonds is 6. The van der Waals surface area contributed by atoms with Crippen LogP contribution in [0.2, 0.25) is 0 Å². The molecule has 1 rings (SSSR count). The highest BCUT2D eigenvalue weighted by atomic mass is 19.4. The average molecular weight is 261 g/mol. The Bertz CT molecular complexity index is 365. The molecule has 0 heterocycles. The maximum atomic E-state index is 12.1. The number of anilines is 1. The third kappa shape index (κ3) is 5.29. The number of ether oxygens (including phenoxy) is 1. The number of hydrogen-bond donors (Lipinski definition) is 1. The number of hydrogen-bond acceptors (Lipinski definition) is 2. The maximum Gasteiger partial charge on any atom is 0.422 e. The van der Waals surface area contributed by atoms with E-state index in [2.05, 4.69) is 19.2 Å². The molecule has 0 aliphatic heterocycles. The van der Waals surface area contributed by atoms with Crippen LogP contribution in [0.1, 0.15) is 20.3 Å². The van der Waals surface area contributed by atoms with Crippen molar-refractivity contribution in [2.24, 2.45) is 5.92 Å². The average Bonchev–Trinajstić information content (AvgIpc) is 2.33. The van der Waals surface area contributed by atoms with Crippen molar-refractivity contribution in [1.29, 1.82) is 0 Å². The van der Waals surface area contributed by atoms with Crippen molar-refractivity contribution in [3.63, 3.8) is 0 Å². The molecule has 2 nitrogen and oxygen atoms in total. The van der Waals surface area contributed by atoms with Gasteiger partial charge in [0.25, 0.3) is 0 Å². The monoisotopic (exact) mass is 261 g/mol. The summed E-state index contributed by atoms with van der Waals surface area (Å²) in [6, 6.07) is 6.66.